The SMILES string of the molecule is CN(C)C=Nc1c(C2(C(=O)NN)CC2)c(C#N)nn1-c1c(Cl)cc(C(F)(F)F)cc1Cl. The van der Waals surface area contributed by atoms with Crippen LogP contribution in [0.2, 0.25) is 10.0 Å². The van der Waals surface area contributed by atoms with E-state index in [1.165, 1.54) is 6.34 Å². The number of aromatic nitrogens is 2. The largest absolute Gasteiger partial charge is 0.416 e. The first-order chi connectivity index (χ1) is 14.5. The predicted octanol–water partition coefficient (Wildman–Crippen LogP) is 3.31. The number of carbonyl (C=O) groups is 1. The lowest BCUT2D eigenvalue weighted by Gasteiger charge is -2.16. The molecule has 0 aliphatic heterocycles. The fraction of sp³-hybridized carbons (Fsp3) is 0.333. The van der Waals surface area contributed by atoms with E-state index in [4.69, 9.17) is 29.0 Å². The van der Waals surface area contributed by atoms with Gasteiger partial charge in [-0.1, -0.05) is 23.2 Å². The summed E-state index contributed by atoms with van der Waals surface area (Å²) < 4.78 is 40.4. The molecule has 1 aliphatic rings. The van der Waals surface area contributed by atoms with Crippen LogP contribution in [0.5, 0.6) is 0 Å². The number of nitrogens with two attached hydrogens (primary N) is 1. The quantitative estimate of drug-likeness (QED) is 0.227. The van der Waals surface area contributed by atoms with Gasteiger partial charge in [-0.2, -0.15) is 23.5 Å². The number of rotatable bonds is 5. The third-order valence-electron chi connectivity index (χ3n) is 4.73. The Labute approximate surface area is 185 Å². The second kappa shape index (κ2) is 8.03. The monoisotopic (exact) mass is 473 g/mol. The van der Waals surface area contributed by atoms with Gasteiger partial charge < -0.3 is 4.90 Å². The second-order valence-corrected chi connectivity index (χ2v) is 7.94. The van der Waals surface area contributed by atoms with E-state index in [-0.39, 0.29) is 32.8 Å². The van der Waals surface area contributed by atoms with Crippen molar-refractivity contribution in [2.45, 2.75) is 24.4 Å². The van der Waals surface area contributed by atoms with Gasteiger partial charge in [0.2, 0.25) is 5.91 Å². The zero-order chi connectivity index (χ0) is 23.1. The second-order valence-electron chi connectivity index (χ2n) is 7.12. The average Bonchev–Trinajstić information content (AvgIpc) is 3.40. The molecular weight excluding hydrogens is 458 g/mol. The van der Waals surface area contributed by atoms with Gasteiger partial charge in [0, 0.05) is 14.1 Å². The Bertz CT molecular complexity index is 1090. The maximum Gasteiger partial charge on any atom is 0.416 e. The molecule has 3 N–H and O–H groups in total. The molecule has 0 spiro atoms. The van der Waals surface area contributed by atoms with Crippen LogP contribution < -0.4 is 11.3 Å². The Morgan fingerprint density at radius 1 is 1.39 bits per heavy atom. The van der Waals surface area contributed by atoms with Crippen LogP contribution >= 0.6 is 23.2 Å². The van der Waals surface area contributed by atoms with Crippen LogP contribution in [0.1, 0.15) is 29.7 Å². The zero-order valence-corrected chi connectivity index (χ0v) is 17.8. The summed E-state index contributed by atoms with van der Waals surface area (Å²) in [6, 6.07) is 3.31. The maximum absolute atomic E-state index is 13.1. The number of benzene rings is 1. The van der Waals surface area contributed by atoms with E-state index in [0.717, 1.165) is 4.68 Å². The Morgan fingerprint density at radius 3 is 2.39 bits per heavy atom. The van der Waals surface area contributed by atoms with Crippen LogP contribution in [0.25, 0.3) is 5.69 Å². The lowest BCUT2D eigenvalue weighted by molar-refractivity contribution is -0.137. The number of nitrogens with one attached hydrogen (secondary N) is 1. The summed E-state index contributed by atoms with van der Waals surface area (Å²) in [6.07, 6.45) is -2.51. The first kappa shape index (κ1) is 22.9. The molecule has 1 fully saturated rings. The lowest BCUT2D eigenvalue weighted by atomic mass is 9.94. The molecule has 8 nitrogen and oxygen atoms in total. The fourth-order valence-electron chi connectivity index (χ4n) is 3.16. The minimum atomic E-state index is -4.66. The van der Waals surface area contributed by atoms with Crippen LogP contribution in [0.15, 0.2) is 17.1 Å². The molecule has 1 amide bonds. The van der Waals surface area contributed by atoms with Crippen molar-refractivity contribution in [1.29, 1.82) is 5.26 Å². The summed E-state index contributed by atoms with van der Waals surface area (Å²) >= 11 is 12.3. The average molecular weight is 474 g/mol. The van der Waals surface area contributed by atoms with Crippen LogP contribution in [0.4, 0.5) is 19.0 Å². The summed E-state index contributed by atoms with van der Waals surface area (Å²) in [7, 11) is 3.37. The first-order valence-electron chi connectivity index (χ1n) is 8.78. The van der Waals surface area contributed by atoms with Crippen molar-refractivity contribution in [3.05, 3.63) is 39.0 Å². The molecule has 0 saturated heterocycles. The Hall–Kier alpha value is -2.81. The molecule has 0 radical (unpaired) electrons. The number of hydrogen-bond donors (Lipinski definition) is 2. The van der Waals surface area contributed by atoms with Crippen molar-refractivity contribution >= 4 is 41.3 Å². The highest BCUT2D eigenvalue weighted by molar-refractivity contribution is 6.38. The number of aliphatic imine (C=N–C) groups is 1. The van der Waals surface area contributed by atoms with Crippen LogP contribution in [0.3, 0.4) is 0 Å². The molecule has 1 aliphatic carbocycles. The van der Waals surface area contributed by atoms with Crippen molar-refractivity contribution in [1.82, 2.24) is 20.1 Å². The highest BCUT2D eigenvalue weighted by Gasteiger charge is 2.55. The number of amides is 1. The highest BCUT2D eigenvalue weighted by atomic mass is 35.5. The Morgan fingerprint density at radius 2 is 1.97 bits per heavy atom. The summed E-state index contributed by atoms with van der Waals surface area (Å²) in [5.41, 5.74) is -0.145. The van der Waals surface area contributed by atoms with E-state index < -0.39 is 23.1 Å². The molecule has 1 saturated carbocycles. The van der Waals surface area contributed by atoms with E-state index in [9.17, 15) is 23.2 Å². The minimum absolute atomic E-state index is 0.0370. The van der Waals surface area contributed by atoms with Gasteiger partial charge in [-0.3, -0.25) is 10.2 Å². The zero-order valence-electron chi connectivity index (χ0n) is 16.3. The standard InChI is InChI=1S/C18H16Cl2F3N7O/c1-29(2)8-26-15-13(17(3-4-17)16(31)27-25)12(7-24)28-30(15)14-10(19)5-9(6-11(14)20)18(21,22)23/h5-6,8H,3-4,25H2,1-2H3,(H,27,31). The third kappa shape index (κ3) is 4.06. The van der Waals surface area contributed by atoms with Crippen molar-refractivity contribution in [2.75, 3.05) is 14.1 Å². The minimum Gasteiger partial charge on any atom is -0.369 e. The topological polar surface area (TPSA) is 112 Å². The lowest BCUT2D eigenvalue weighted by Crippen LogP contribution is -2.39. The molecule has 1 aromatic carbocycles. The van der Waals surface area contributed by atoms with E-state index in [0.29, 0.717) is 25.0 Å². The molecule has 3 rings (SSSR count). The van der Waals surface area contributed by atoms with Gasteiger partial charge in [-0.05, 0) is 25.0 Å². The first-order valence-corrected chi connectivity index (χ1v) is 9.53. The molecule has 31 heavy (non-hydrogen) atoms. The molecular formula is C18H16Cl2F3N7O. The smallest absolute Gasteiger partial charge is 0.369 e. The Balaban J connectivity index is 2.33. The molecule has 2 aromatic rings. The Kier molecular flexibility index (Phi) is 5.92. The van der Waals surface area contributed by atoms with E-state index in [1.807, 2.05) is 6.07 Å². The molecule has 1 heterocycles. The number of hydrogen-bond acceptors (Lipinski definition) is 5. The van der Waals surface area contributed by atoms with Gasteiger partial charge >= 0.3 is 6.18 Å². The van der Waals surface area contributed by atoms with Crippen molar-refractivity contribution < 1.29 is 18.0 Å². The predicted molar refractivity (Wildman–Crippen MR) is 108 cm³/mol. The number of halogens is 5. The van der Waals surface area contributed by atoms with Crippen LogP contribution in [-0.4, -0.2) is 41.0 Å². The van der Waals surface area contributed by atoms with Crippen molar-refractivity contribution in [2.24, 2.45) is 10.8 Å². The van der Waals surface area contributed by atoms with Crippen LogP contribution in [0, 0.1) is 11.3 Å². The number of nitrogens with zero attached hydrogens (tertiary/aromatic N) is 5. The fourth-order valence-corrected chi connectivity index (χ4v) is 3.81. The van der Waals surface area contributed by atoms with Gasteiger partial charge in [-0.25, -0.2) is 15.5 Å². The van der Waals surface area contributed by atoms with Crippen molar-refractivity contribution in [3.63, 3.8) is 0 Å². The summed E-state index contributed by atoms with van der Waals surface area (Å²) in [5.74, 6) is 4.82. The normalized spacial score (nSPS) is 15.1. The molecule has 0 atom stereocenters. The van der Waals surface area contributed by atoms with Gasteiger partial charge in [0.1, 0.15) is 11.8 Å². The van der Waals surface area contributed by atoms with Gasteiger partial charge in [0.25, 0.3) is 0 Å². The molecule has 0 unspecified atom stereocenters. The van der Waals surface area contributed by atoms with E-state index >= 15 is 0 Å². The van der Waals surface area contributed by atoms with Gasteiger partial charge in [-0.15, -0.1) is 0 Å². The molecule has 1 aromatic heterocycles. The number of nitriles is 1. The van der Waals surface area contributed by atoms with Crippen LogP contribution in [-0.2, 0) is 16.4 Å². The maximum atomic E-state index is 13.1. The number of hydrazine groups is 1. The third-order valence-corrected chi connectivity index (χ3v) is 5.30. The summed E-state index contributed by atoms with van der Waals surface area (Å²) in [5, 5.41) is 13.1. The molecule has 164 valence electrons. The van der Waals surface area contributed by atoms with E-state index in [1.54, 1.807) is 19.0 Å². The number of alkyl halides is 3. The van der Waals surface area contributed by atoms with Gasteiger partial charge in [0.15, 0.2) is 11.5 Å². The molecule has 0 bridgehead atoms. The van der Waals surface area contributed by atoms with E-state index in [2.05, 4.69) is 15.5 Å². The number of carbonyl (C=O) groups excluding carboxylic acids is 1. The highest BCUT2D eigenvalue weighted by Crippen LogP contribution is 2.53. The van der Waals surface area contributed by atoms with Gasteiger partial charge in [0.05, 0.1) is 32.9 Å². The summed E-state index contributed by atoms with van der Waals surface area (Å²) in [6.45, 7) is 0. The van der Waals surface area contributed by atoms with Crippen molar-refractivity contribution in [3.8, 4) is 11.8 Å². The molecule has 13 heteroatoms. The summed E-state index contributed by atoms with van der Waals surface area (Å²) in [4.78, 5) is 18.4.